The van der Waals surface area contributed by atoms with Crippen LogP contribution in [-0.2, 0) is 6.54 Å². The summed E-state index contributed by atoms with van der Waals surface area (Å²) in [7, 11) is 0. The molecular weight excluding hydrogens is 219 g/mol. The third-order valence-electron chi connectivity index (χ3n) is 2.32. The largest absolute Gasteiger partial charge is 0.408 e. The number of anilines is 1. The highest BCUT2D eigenvalue weighted by Crippen LogP contribution is 2.18. The molecule has 0 bridgehead atoms. The summed E-state index contributed by atoms with van der Waals surface area (Å²) in [6, 6.07) is 1.82. The van der Waals surface area contributed by atoms with Crippen LogP contribution in [0.4, 0.5) is 19.0 Å². The molecule has 0 amide bonds. The SMILES string of the molecule is CCC(CC)Nc1ccn(CC(F)(F)F)n1. The van der Waals surface area contributed by atoms with Crippen molar-refractivity contribution in [2.75, 3.05) is 5.32 Å². The Morgan fingerprint density at radius 3 is 2.50 bits per heavy atom. The highest BCUT2D eigenvalue weighted by atomic mass is 19.4. The molecule has 1 N–H and O–H groups in total. The predicted molar refractivity (Wildman–Crippen MR) is 56.3 cm³/mol. The minimum absolute atomic E-state index is 0.259. The molecule has 1 rings (SSSR count). The lowest BCUT2D eigenvalue weighted by Crippen LogP contribution is -2.20. The predicted octanol–water partition coefficient (Wildman–Crippen LogP) is 3.05. The van der Waals surface area contributed by atoms with Crippen molar-refractivity contribution in [1.29, 1.82) is 0 Å². The molecule has 0 fully saturated rings. The molecule has 0 saturated carbocycles. The minimum atomic E-state index is -4.22. The van der Waals surface area contributed by atoms with Gasteiger partial charge in [-0.2, -0.15) is 18.3 Å². The van der Waals surface area contributed by atoms with Crippen LogP contribution in [0.3, 0.4) is 0 Å². The summed E-state index contributed by atoms with van der Waals surface area (Å²) in [5, 5.41) is 6.90. The molecule has 1 heterocycles. The molecule has 0 aliphatic carbocycles. The topological polar surface area (TPSA) is 29.9 Å². The molecule has 0 aliphatic rings. The monoisotopic (exact) mass is 235 g/mol. The summed E-state index contributed by atoms with van der Waals surface area (Å²) in [5.41, 5.74) is 0. The van der Waals surface area contributed by atoms with Crippen molar-refractivity contribution in [1.82, 2.24) is 9.78 Å². The number of alkyl halides is 3. The van der Waals surface area contributed by atoms with Gasteiger partial charge >= 0.3 is 6.18 Å². The number of rotatable bonds is 5. The molecule has 1 aromatic rings. The molecule has 0 spiro atoms. The van der Waals surface area contributed by atoms with Gasteiger partial charge in [-0.05, 0) is 12.8 Å². The van der Waals surface area contributed by atoms with Gasteiger partial charge in [0.05, 0.1) is 0 Å². The van der Waals surface area contributed by atoms with Gasteiger partial charge in [0, 0.05) is 18.3 Å². The zero-order chi connectivity index (χ0) is 12.2. The molecule has 0 saturated heterocycles. The maximum absolute atomic E-state index is 12.1. The Morgan fingerprint density at radius 2 is 2.00 bits per heavy atom. The van der Waals surface area contributed by atoms with Crippen molar-refractivity contribution in [2.45, 2.75) is 45.5 Å². The number of aromatic nitrogens is 2. The van der Waals surface area contributed by atoms with Crippen LogP contribution in [-0.4, -0.2) is 22.0 Å². The normalized spacial score (nSPS) is 12.1. The molecule has 0 radical (unpaired) electrons. The van der Waals surface area contributed by atoms with Crippen LogP contribution in [0.15, 0.2) is 12.3 Å². The number of nitrogens with one attached hydrogen (secondary N) is 1. The Morgan fingerprint density at radius 1 is 1.38 bits per heavy atom. The van der Waals surface area contributed by atoms with E-state index in [0.29, 0.717) is 5.82 Å². The Bertz CT molecular complexity index is 315. The number of hydrogen-bond donors (Lipinski definition) is 1. The molecule has 6 heteroatoms. The molecule has 0 unspecified atom stereocenters. The van der Waals surface area contributed by atoms with Gasteiger partial charge in [-0.15, -0.1) is 0 Å². The number of nitrogens with zero attached hydrogens (tertiary/aromatic N) is 2. The van der Waals surface area contributed by atoms with Crippen molar-refractivity contribution in [3.8, 4) is 0 Å². The second-order valence-corrected chi connectivity index (χ2v) is 3.67. The highest BCUT2D eigenvalue weighted by Gasteiger charge is 2.28. The lowest BCUT2D eigenvalue weighted by Gasteiger charge is -2.13. The van der Waals surface area contributed by atoms with Crippen molar-refractivity contribution in [3.63, 3.8) is 0 Å². The lowest BCUT2D eigenvalue weighted by atomic mass is 10.2. The van der Waals surface area contributed by atoms with E-state index in [1.165, 1.54) is 6.20 Å². The van der Waals surface area contributed by atoms with E-state index in [0.717, 1.165) is 17.5 Å². The fourth-order valence-corrected chi connectivity index (χ4v) is 1.41. The van der Waals surface area contributed by atoms with E-state index in [4.69, 9.17) is 0 Å². The zero-order valence-corrected chi connectivity index (χ0v) is 9.38. The maximum Gasteiger partial charge on any atom is 0.408 e. The number of halogens is 3. The second kappa shape index (κ2) is 5.23. The first kappa shape index (κ1) is 12.9. The Balaban J connectivity index is 2.57. The van der Waals surface area contributed by atoms with Crippen LogP contribution in [0.2, 0.25) is 0 Å². The van der Waals surface area contributed by atoms with Crippen LogP contribution in [0.25, 0.3) is 0 Å². The van der Waals surface area contributed by atoms with Crippen LogP contribution in [0.1, 0.15) is 26.7 Å². The van der Waals surface area contributed by atoms with Gasteiger partial charge in [0.1, 0.15) is 12.4 Å². The lowest BCUT2D eigenvalue weighted by molar-refractivity contribution is -0.142. The van der Waals surface area contributed by atoms with Gasteiger partial charge < -0.3 is 5.32 Å². The summed E-state index contributed by atoms with van der Waals surface area (Å²) in [5.74, 6) is 0.498. The molecule has 0 atom stereocenters. The Labute approximate surface area is 92.6 Å². The van der Waals surface area contributed by atoms with E-state index in [-0.39, 0.29) is 6.04 Å². The first-order valence-electron chi connectivity index (χ1n) is 5.31. The Hall–Kier alpha value is -1.20. The van der Waals surface area contributed by atoms with Crippen LogP contribution < -0.4 is 5.32 Å². The fraction of sp³-hybridized carbons (Fsp3) is 0.700. The molecule has 0 aromatic carbocycles. The van der Waals surface area contributed by atoms with E-state index in [2.05, 4.69) is 10.4 Å². The summed E-state index contributed by atoms with van der Waals surface area (Å²) in [6.45, 7) is 3.00. The van der Waals surface area contributed by atoms with Crippen molar-refractivity contribution in [3.05, 3.63) is 12.3 Å². The minimum Gasteiger partial charge on any atom is -0.366 e. The third kappa shape index (κ3) is 4.12. The van der Waals surface area contributed by atoms with Gasteiger partial charge in [-0.1, -0.05) is 13.8 Å². The maximum atomic E-state index is 12.1. The standard InChI is InChI=1S/C10H16F3N3/c1-3-8(4-2)14-9-5-6-16(15-9)7-10(11,12)13/h5-6,8H,3-4,7H2,1-2H3,(H,14,15). The van der Waals surface area contributed by atoms with Gasteiger partial charge in [0.2, 0.25) is 0 Å². The van der Waals surface area contributed by atoms with Gasteiger partial charge in [-0.3, -0.25) is 4.68 Å². The summed E-state index contributed by atoms with van der Waals surface area (Å²) in [4.78, 5) is 0. The quantitative estimate of drug-likeness (QED) is 0.850. The van der Waals surface area contributed by atoms with Crippen molar-refractivity contribution in [2.24, 2.45) is 0 Å². The average Bonchev–Trinajstić information content (AvgIpc) is 2.59. The highest BCUT2D eigenvalue weighted by molar-refractivity contribution is 5.33. The molecule has 92 valence electrons. The average molecular weight is 235 g/mol. The molecule has 16 heavy (non-hydrogen) atoms. The van der Waals surface area contributed by atoms with Crippen molar-refractivity contribution < 1.29 is 13.2 Å². The van der Waals surface area contributed by atoms with E-state index in [1.54, 1.807) is 6.07 Å². The molecule has 0 aliphatic heterocycles. The van der Waals surface area contributed by atoms with Crippen LogP contribution in [0.5, 0.6) is 0 Å². The fourth-order valence-electron chi connectivity index (χ4n) is 1.41. The van der Waals surface area contributed by atoms with E-state index < -0.39 is 12.7 Å². The van der Waals surface area contributed by atoms with Crippen LogP contribution in [0, 0.1) is 0 Å². The summed E-state index contributed by atoms with van der Waals surface area (Å²) >= 11 is 0. The van der Waals surface area contributed by atoms with Gasteiger partial charge in [-0.25, -0.2) is 0 Å². The summed E-state index contributed by atoms with van der Waals surface area (Å²) < 4.78 is 37.1. The molecular formula is C10H16F3N3. The van der Waals surface area contributed by atoms with E-state index in [1.807, 2.05) is 13.8 Å². The smallest absolute Gasteiger partial charge is 0.366 e. The third-order valence-corrected chi connectivity index (χ3v) is 2.32. The first-order valence-corrected chi connectivity index (χ1v) is 5.31. The Kier molecular flexibility index (Phi) is 4.20. The van der Waals surface area contributed by atoms with Crippen LogP contribution >= 0.6 is 0 Å². The second-order valence-electron chi connectivity index (χ2n) is 3.67. The van der Waals surface area contributed by atoms with Crippen molar-refractivity contribution >= 4 is 5.82 Å². The zero-order valence-electron chi connectivity index (χ0n) is 9.38. The summed E-state index contributed by atoms with van der Waals surface area (Å²) in [6.07, 6.45) is -1.05. The van der Waals surface area contributed by atoms with Gasteiger partial charge in [0.25, 0.3) is 0 Å². The molecule has 3 nitrogen and oxygen atoms in total. The molecule has 1 aromatic heterocycles. The van der Waals surface area contributed by atoms with Gasteiger partial charge in [0.15, 0.2) is 0 Å². The van der Waals surface area contributed by atoms with E-state index in [9.17, 15) is 13.2 Å². The first-order chi connectivity index (χ1) is 7.44. The number of hydrogen-bond acceptors (Lipinski definition) is 2. The van der Waals surface area contributed by atoms with E-state index >= 15 is 0 Å².